The highest BCUT2D eigenvalue weighted by atomic mass is 16.5. The predicted octanol–water partition coefficient (Wildman–Crippen LogP) is 4.45. The Bertz CT molecular complexity index is 1030. The zero-order chi connectivity index (χ0) is 24.3. The number of carbonyl (C=O) groups is 3. The van der Waals surface area contributed by atoms with Crippen LogP contribution in [-0.4, -0.2) is 41.3 Å². The van der Waals surface area contributed by atoms with Crippen molar-refractivity contribution in [1.82, 2.24) is 10.6 Å². The largest absolute Gasteiger partial charge is 0.480 e. The number of carboxylic acids is 1. The van der Waals surface area contributed by atoms with Crippen molar-refractivity contribution >= 4 is 18.0 Å². The molecular weight excluding hydrogens is 432 g/mol. The first-order valence-electron chi connectivity index (χ1n) is 12.0. The number of hydrogen-bond acceptors (Lipinski definition) is 4. The third kappa shape index (κ3) is 4.65. The Kier molecular flexibility index (Phi) is 6.91. The molecule has 2 aliphatic carbocycles. The predicted molar refractivity (Wildman–Crippen MR) is 128 cm³/mol. The number of rotatable bonds is 9. The highest BCUT2D eigenvalue weighted by Crippen LogP contribution is 2.44. The van der Waals surface area contributed by atoms with Gasteiger partial charge in [-0.2, -0.15) is 0 Å². The lowest BCUT2D eigenvalue weighted by Gasteiger charge is -2.39. The first kappa shape index (κ1) is 23.8. The van der Waals surface area contributed by atoms with E-state index in [1.165, 1.54) is 0 Å². The quantitative estimate of drug-likeness (QED) is 0.508. The number of carboxylic acid groups (broad SMARTS) is 1. The number of amides is 2. The molecule has 2 unspecified atom stereocenters. The molecule has 2 amide bonds. The monoisotopic (exact) mass is 464 g/mol. The van der Waals surface area contributed by atoms with E-state index in [1.54, 1.807) is 0 Å². The molecule has 0 radical (unpaired) electrons. The Hall–Kier alpha value is -3.35. The molecule has 0 aromatic heterocycles. The van der Waals surface area contributed by atoms with Crippen LogP contribution in [0.1, 0.15) is 63.0 Å². The number of fused-ring (bicyclic) bond motifs is 3. The lowest BCUT2D eigenvalue weighted by molar-refractivity contribution is -0.152. The van der Waals surface area contributed by atoms with Gasteiger partial charge in [0, 0.05) is 5.92 Å². The van der Waals surface area contributed by atoms with Crippen molar-refractivity contribution in [3.05, 3.63) is 59.7 Å². The molecule has 180 valence electrons. The molecule has 1 fully saturated rings. The van der Waals surface area contributed by atoms with E-state index in [1.807, 2.05) is 50.2 Å². The van der Waals surface area contributed by atoms with Crippen LogP contribution in [0.3, 0.4) is 0 Å². The van der Waals surface area contributed by atoms with E-state index in [0.717, 1.165) is 35.1 Å². The standard InChI is InChI=1S/C27H32N2O5/c1-3-17(2)15-23(24(30)29-27(25(31)32)13-8-14-27)28-26(33)34-16-22-20-11-6-4-9-18(20)19-10-5-7-12-21(19)22/h4-7,9-12,17,22-23H,3,8,13-16H2,1-2H3,(H,28,33)(H,29,30)(H,31,32). The third-order valence-electron chi connectivity index (χ3n) is 7.27. The second kappa shape index (κ2) is 9.87. The van der Waals surface area contributed by atoms with E-state index in [9.17, 15) is 19.5 Å². The Labute approximate surface area is 199 Å². The summed E-state index contributed by atoms with van der Waals surface area (Å²) in [7, 11) is 0. The molecule has 1 saturated carbocycles. The van der Waals surface area contributed by atoms with Crippen LogP contribution >= 0.6 is 0 Å². The maximum atomic E-state index is 13.0. The van der Waals surface area contributed by atoms with Gasteiger partial charge in [-0.25, -0.2) is 9.59 Å². The molecule has 34 heavy (non-hydrogen) atoms. The Balaban J connectivity index is 1.43. The van der Waals surface area contributed by atoms with Gasteiger partial charge >= 0.3 is 12.1 Å². The summed E-state index contributed by atoms with van der Waals surface area (Å²) in [5, 5.41) is 14.9. The Morgan fingerprint density at radius 1 is 1.06 bits per heavy atom. The van der Waals surface area contributed by atoms with Gasteiger partial charge in [-0.1, -0.05) is 68.8 Å². The van der Waals surface area contributed by atoms with Gasteiger partial charge in [0.2, 0.25) is 5.91 Å². The summed E-state index contributed by atoms with van der Waals surface area (Å²) in [5.74, 6) is -1.41. The number of hydrogen-bond donors (Lipinski definition) is 3. The summed E-state index contributed by atoms with van der Waals surface area (Å²) < 4.78 is 5.61. The summed E-state index contributed by atoms with van der Waals surface area (Å²) in [5.41, 5.74) is 3.27. The van der Waals surface area contributed by atoms with Gasteiger partial charge in [-0.15, -0.1) is 0 Å². The van der Waals surface area contributed by atoms with Gasteiger partial charge in [0.05, 0.1) is 0 Å². The van der Waals surface area contributed by atoms with E-state index in [0.29, 0.717) is 19.3 Å². The summed E-state index contributed by atoms with van der Waals surface area (Å²) in [6.45, 7) is 4.16. The van der Waals surface area contributed by atoms with Gasteiger partial charge in [0.25, 0.3) is 0 Å². The molecule has 4 rings (SSSR count). The first-order valence-corrected chi connectivity index (χ1v) is 12.0. The lowest BCUT2D eigenvalue weighted by Crippen LogP contribution is -2.62. The van der Waals surface area contributed by atoms with Gasteiger partial charge in [0.1, 0.15) is 18.2 Å². The fourth-order valence-corrected chi connectivity index (χ4v) is 4.83. The van der Waals surface area contributed by atoms with E-state index >= 15 is 0 Å². The van der Waals surface area contributed by atoms with Gasteiger partial charge < -0.3 is 20.5 Å². The molecule has 0 bridgehead atoms. The maximum Gasteiger partial charge on any atom is 0.407 e. The zero-order valence-corrected chi connectivity index (χ0v) is 19.7. The van der Waals surface area contributed by atoms with Crippen LogP contribution in [0.2, 0.25) is 0 Å². The normalized spacial score (nSPS) is 17.5. The van der Waals surface area contributed by atoms with Crippen LogP contribution in [0, 0.1) is 5.92 Å². The van der Waals surface area contributed by atoms with Crippen LogP contribution in [0.5, 0.6) is 0 Å². The zero-order valence-electron chi connectivity index (χ0n) is 19.7. The van der Waals surface area contributed by atoms with Gasteiger partial charge in [-0.05, 0) is 53.9 Å². The highest BCUT2D eigenvalue weighted by Gasteiger charge is 2.46. The Morgan fingerprint density at radius 3 is 2.15 bits per heavy atom. The number of nitrogens with one attached hydrogen (secondary N) is 2. The van der Waals surface area contributed by atoms with E-state index in [2.05, 4.69) is 22.8 Å². The van der Waals surface area contributed by atoms with Crippen molar-refractivity contribution in [3.8, 4) is 11.1 Å². The molecule has 0 aliphatic heterocycles. The summed E-state index contributed by atoms with van der Waals surface area (Å²) in [6, 6.07) is 15.3. The van der Waals surface area contributed by atoms with Crippen molar-refractivity contribution in [3.63, 3.8) is 0 Å². The first-order chi connectivity index (χ1) is 16.3. The summed E-state index contributed by atoms with van der Waals surface area (Å²) in [4.78, 5) is 37.4. The molecule has 7 nitrogen and oxygen atoms in total. The van der Waals surface area contributed by atoms with Crippen LogP contribution in [0.25, 0.3) is 11.1 Å². The van der Waals surface area contributed by atoms with Crippen LogP contribution < -0.4 is 10.6 Å². The molecule has 0 spiro atoms. The molecule has 7 heteroatoms. The molecule has 2 atom stereocenters. The van der Waals surface area contributed by atoms with Gasteiger partial charge in [0.15, 0.2) is 0 Å². The SMILES string of the molecule is CCC(C)CC(NC(=O)OCC1c2ccccc2-c2ccccc21)C(=O)NC1(C(=O)O)CCC1. The van der Waals surface area contributed by atoms with Crippen LogP contribution in [-0.2, 0) is 14.3 Å². The van der Waals surface area contributed by atoms with Crippen molar-refractivity contribution in [2.45, 2.75) is 63.5 Å². The molecule has 0 saturated heterocycles. The third-order valence-corrected chi connectivity index (χ3v) is 7.27. The number of carbonyl (C=O) groups excluding carboxylic acids is 2. The Morgan fingerprint density at radius 2 is 1.65 bits per heavy atom. The van der Waals surface area contributed by atoms with E-state index in [-0.39, 0.29) is 18.4 Å². The number of ether oxygens (including phenoxy) is 1. The lowest BCUT2D eigenvalue weighted by atomic mass is 9.76. The summed E-state index contributed by atoms with van der Waals surface area (Å²) in [6.07, 6.45) is 2.11. The van der Waals surface area contributed by atoms with Gasteiger partial charge in [-0.3, -0.25) is 4.79 Å². The van der Waals surface area contributed by atoms with Crippen LogP contribution in [0.15, 0.2) is 48.5 Å². The fourth-order valence-electron chi connectivity index (χ4n) is 4.83. The minimum Gasteiger partial charge on any atom is -0.480 e. The molecule has 2 aliphatic rings. The maximum absolute atomic E-state index is 13.0. The fraction of sp³-hybridized carbons (Fsp3) is 0.444. The number of alkyl carbamates (subject to hydrolysis) is 1. The minimum absolute atomic E-state index is 0.0785. The number of aliphatic carboxylic acids is 1. The highest BCUT2D eigenvalue weighted by molar-refractivity contribution is 5.92. The smallest absolute Gasteiger partial charge is 0.407 e. The molecule has 3 N–H and O–H groups in total. The second-order valence-corrected chi connectivity index (χ2v) is 9.50. The van der Waals surface area contributed by atoms with E-state index < -0.39 is 29.6 Å². The van der Waals surface area contributed by atoms with Crippen LogP contribution in [0.4, 0.5) is 4.79 Å². The molecule has 0 heterocycles. The van der Waals surface area contributed by atoms with Crippen molar-refractivity contribution in [2.24, 2.45) is 5.92 Å². The molecule has 2 aromatic carbocycles. The van der Waals surface area contributed by atoms with Crippen molar-refractivity contribution in [2.75, 3.05) is 6.61 Å². The van der Waals surface area contributed by atoms with Crippen molar-refractivity contribution in [1.29, 1.82) is 0 Å². The average Bonchev–Trinajstić information content (AvgIpc) is 3.12. The molecular formula is C27H32N2O5. The second-order valence-electron chi connectivity index (χ2n) is 9.50. The minimum atomic E-state index is -1.23. The summed E-state index contributed by atoms with van der Waals surface area (Å²) >= 11 is 0. The van der Waals surface area contributed by atoms with E-state index in [4.69, 9.17) is 4.74 Å². The molecule has 2 aromatic rings. The van der Waals surface area contributed by atoms with Crippen molar-refractivity contribution < 1.29 is 24.2 Å². The average molecular weight is 465 g/mol. The topological polar surface area (TPSA) is 105 Å². The number of benzene rings is 2.